The molecule has 0 aliphatic heterocycles. The molecule has 0 spiro atoms. The van der Waals surface area contributed by atoms with Gasteiger partial charge in [0.2, 0.25) is 0 Å². The Hall–Kier alpha value is -1.37. The van der Waals surface area contributed by atoms with E-state index < -0.39 is 10.0 Å². The van der Waals surface area contributed by atoms with Crippen molar-refractivity contribution in [2.75, 3.05) is 11.8 Å². The number of hydrogen-bond donors (Lipinski definition) is 2. The molecule has 0 saturated heterocycles. The van der Waals surface area contributed by atoms with Gasteiger partial charge in [-0.3, -0.25) is 4.72 Å². The van der Waals surface area contributed by atoms with Crippen LogP contribution in [0.25, 0.3) is 0 Å². The van der Waals surface area contributed by atoms with E-state index in [9.17, 15) is 8.42 Å². The predicted molar refractivity (Wildman–Crippen MR) is 88.4 cm³/mol. The predicted octanol–water partition coefficient (Wildman–Crippen LogP) is 3.14. The smallest absolute Gasteiger partial charge is 0.271 e. The highest BCUT2D eigenvalue weighted by atomic mass is 32.2. The van der Waals surface area contributed by atoms with E-state index in [2.05, 4.69) is 10.0 Å². The summed E-state index contributed by atoms with van der Waals surface area (Å²) in [5.74, 6) is 0. The monoisotopic (exact) mass is 324 g/mol. The van der Waals surface area contributed by atoms with Crippen LogP contribution in [0.5, 0.6) is 0 Å². The van der Waals surface area contributed by atoms with Gasteiger partial charge in [0, 0.05) is 17.1 Å². The average molecular weight is 324 g/mol. The standard InChI is InChI=1S/C15H20N2O2S2/c1-4-12-6-5-7-13(9-12)17-21(18,19)15-8-11(2)14(20-15)10-16-3/h5-9,16-17H,4,10H2,1-3H3. The van der Waals surface area contributed by atoms with E-state index in [-0.39, 0.29) is 0 Å². The summed E-state index contributed by atoms with van der Waals surface area (Å²) in [6.07, 6.45) is 0.875. The highest BCUT2D eigenvalue weighted by Gasteiger charge is 2.19. The molecule has 0 aliphatic carbocycles. The van der Waals surface area contributed by atoms with Crippen molar-refractivity contribution in [3.63, 3.8) is 0 Å². The van der Waals surface area contributed by atoms with Gasteiger partial charge in [-0.2, -0.15) is 0 Å². The van der Waals surface area contributed by atoms with Gasteiger partial charge in [0.05, 0.1) is 0 Å². The van der Waals surface area contributed by atoms with Crippen molar-refractivity contribution in [1.29, 1.82) is 0 Å². The zero-order valence-electron chi connectivity index (χ0n) is 12.4. The number of aryl methyl sites for hydroxylation is 2. The number of nitrogens with one attached hydrogen (secondary N) is 2. The maximum atomic E-state index is 12.4. The zero-order valence-corrected chi connectivity index (χ0v) is 14.1. The molecule has 0 atom stereocenters. The van der Waals surface area contributed by atoms with Gasteiger partial charge in [0.1, 0.15) is 4.21 Å². The Morgan fingerprint density at radius 3 is 2.67 bits per heavy atom. The normalized spacial score (nSPS) is 11.6. The van der Waals surface area contributed by atoms with E-state index in [1.807, 2.05) is 39.1 Å². The Labute approximate surface area is 130 Å². The van der Waals surface area contributed by atoms with Crippen LogP contribution in [0, 0.1) is 6.92 Å². The van der Waals surface area contributed by atoms with Crippen LogP contribution in [0.3, 0.4) is 0 Å². The molecule has 21 heavy (non-hydrogen) atoms. The SMILES string of the molecule is CCc1cccc(NS(=O)(=O)c2cc(C)c(CNC)s2)c1. The summed E-state index contributed by atoms with van der Waals surface area (Å²) in [6, 6.07) is 9.21. The van der Waals surface area contributed by atoms with Crippen LogP contribution in [-0.4, -0.2) is 15.5 Å². The van der Waals surface area contributed by atoms with Crippen LogP contribution in [0.2, 0.25) is 0 Å². The Balaban J connectivity index is 2.27. The van der Waals surface area contributed by atoms with Crippen molar-refractivity contribution in [3.8, 4) is 0 Å². The summed E-state index contributed by atoms with van der Waals surface area (Å²) < 4.78 is 27.9. The van der Waals surface area contributed by atoms with Crippen molar-refractivity contribution < 1.29 is 8.42 Å². The molecule has 2 rings (SSSR count). The highest BCUT2D eigenvalue weighted by Crippen LogP contribution is 2.27. The lowest BCUT2D eigenvalue weighted by Crippen LogP contribution is -2.11. The molecule has 0 fully saturated rings. The fourth-order valence-electron chi connectivity index (χ4n) is 2.02. The summed E-state index contributed by atoms with van der Waals surface area (Å²) in [5.41, 5.74) is 2.71. The summed E-state index contributed by atoms with van der Waals surface area (Å²) in [4.78, 5) is 1.04. The molecule has 114 valence electrons. The van der Waals surface area contributed by atoms with Crippen LogP contribution in [0.4, 0.5) is 5.69 Å². The zero-order chi connectivity index (χ0) is 15.5. The fraction of sp³-hybridized carbons (Fsp3) is 0.333. The first-order valence-corrected chi connectivity index (χ1v) is 9.12. The third kappa shape index (κ3) is 3.84. The summed E-state index contributed by atoms with van der Waals surface area (Å²) in [6.45, 7) is 4.65. The number of thiophene rings is 1. The van der Waals surface area contributed by atoms with E-state index in [0.717, 1.165) is 22.4 Å². The fourth-order valence-corrected chi connectivity index (χ4v) is 4.67. The largest absolute Gasteiger partial charge is 0.315 e. The summed E-state index contributed by atoms with van der Waals surface area (Å²) >= 11 is 1.31. The Morgan fingerprint density at radius 1 is 1.24 bits per heavy atom. The molecule has 0 amide bonds. The maximum absolute atomic E-state index is 12.4. The minimum absolute atomic E-state index is 0.354. The second kappa shape index (κ2) is 6.60. The molecule has 0 bridgehead atoms. The number of hydrogen-bond acceptors (Lipinski definition) is 4. The highest BCUT2D eigenvalue weighted by molar-refractivity contribution is 7.94. The molecule has 1 aromatic heterocycles. The quantitative estimate of drug-likeness (QED) is 0.858. The van der Waals surface area contributed by atoms with Gasteiger partial charge in [-0.15, -0.1) is 11.3 Å². The Bertz CT molecular complexity index is 721. The first-order chi connectivity index (χ1) is 9.96. The maximum Gasteiger partial charge on any atom is 0.271 e. The van der Waals surface area contributed by atoms with Crippen molar-refractivity contribution >= 4 is 27.0 Å². The van der Waals surface area contributed by atoms with Crippen molar-refractivity contribution in [1.82, 2.24) is 5.32 Å². The van der Waals surface area contributed by atoms with Crippen molar-refractivity contribution in [2.24, 2.45) is 0 Å². The van der Waals surface area contributed by atoms with E-state index >= 15 is 0 Å². The van der Waals surface area contributed by atoms with Gasteiger partial charge in [0.15, 0.2) is 0 Å². The lowest BCUT2D eigenvalue weighted by molar-refractivity contribution is 0.603. The van der Waals surface area contributed by atoms with Gasteiger partial charge < -0.3 is 5.32 Å². The second-order valence-corrected chi connectivity index (χ2v) is 7.91. The summed E-state index contributed by atoms with van der Waals surface area (Å²) in [7, 11) is -1.67. The van der Waals surface area contributed by atoms with Gasteiger partial charge in [-0.25, -0.2) is 8.42 Å². The van der Waals surface area contributed by atoms with Gasteiger partial charge in [-0.05, 0) is 49.7 Å². The van der Waals surface area contributed by atoms with Crippen LogP contribution in [0.1, 0.15) is 22.9 Å². The van der Waals surface area contributed by atoms with Gasteiger partial charge >= 0.3 is 0 Å². The van der Waals surface area contributed by atoms with E-state index in [4.69, 9.17) is 0 Å². The third-order valence-electron chi connectivity index (χ3n) is 3.19. The molecule has 0 radical (unpaired) electrons. The van der Waals surface area contributed by atoms with Crippen LogP contribution < -0.4 is 10.0 Å². The van der Waals surface area contributed by atoms with Gasteiger partial charge in [0.25, 0.3) is 10.0 Å². The first kappa shape index (κ1) is 16.0. The van der Waals surface area contributed by atoms with E-state index in [1.54, 1.807) is 12.1 Å². The minimum atomic E-state index is -3.52. The Kier molecular flexibility index (Phi) is 5.03. The molecule has 6 heteroatoms. The first-order valence-electron chi connectivity index (χ1n) is 6.82. The topological polar surface area (TPSA) is 58.2 Å². The molecule has 1 heterocycles. The van der Waals surface area contributed by atoms with Crippen LogP contribution in [-0.2, 0) is 23.0 Å². The van der Waals surface area contributed by atoms with Crippen LogP contribution in [0.15, 0.2) is 34.5 Å². The number of sulfonamides is 1. The van der Waals surface area contributed by atoms with Crippen molar-refractivity contribution in [2.45, 2.75) is 31.0 Å². The van der Waals surface area contributed by atoms with Crippen molar-refractivity contribution in [3.05, 3.63) is 46.3 Å². The van der Waals surface area contributed by atoms with Gasteiger partial charge in [-0.1, -0.05) is 19.1 Å². The number of benzene rings is 1. The summed E-state index contributed by atoms with van der Waals surface area (Å²) in [5, 5.41) is 3.05. The lowest BCUT2D eigenvalue weighted by Gasteiger charge is -2.07. The molecule has 1 aromatic carbocycles. The molecule has 0 saturated carbocycles. The average Bonchev–Trinajstić information content (AvgIpc) is 2.81. The number of rotatable bonds is 6. The molecule has 0 unspecified atom stereocenters. The van der Waals surface area contributed by atoms with Crippen LogP contribution >= 0.6 is 11.3 Å². The van der Waals surface area contributed by atoms with E-state index in [1.165, 1.54) is 11.3 Å². The molecular formula is C15H20N2O2S2. The molecule has 4 nitrogen and oxygen atoms in total. The minimum Gasteiger partial charge on any atom is -0.315 e. The third-order valence-corrected chi connectivity index (χ3v) is 6.28. The van der Waals surface area contributed by atoms with E-state index in [0.29, 0.717) is 16.4 Å². The molecule has 0 aliphatic rings. The second-order valence-electron chi connectivity index (χ2n) is 4.86. The molecular weight excluding hydrogens is 304 g/mol. The molecule has 2 N–H and O–H groups in total. The molecule has 2 aromatic rings. The lowest BCUT2D eigenvalue weighted by atomic mass is 10.1. The number of anilines is 1. The Morgan fingerprint density at radius 2 is 2.00 bits per heavy atom.